The van der Waals surface area contributed by atoms with Crippen LogP contribution in [0.5, 0.6) is 0 Å². The smallest absolute Gasteiger partial charge is 0.407 e. The van der Waals surface area contributed by atoms with E-state index in [4.69, 9.17) is 10.1 Å². The Labute approximate surface area is 163 Å². The molecule has 2 aromatic rings. The second kappa shape index (κ2) is 7.52. The van der Waals surface area contributed by atoms with Gasteiger partial charge < -0.3 is 14.5 Å². The lowest BCUT2D eigenvalue weighted by molar-refractivity contribution is 0.0254. The van der Waals surface area contributed by atoms with Crippen molar-refractivity contribution in [3.05, 3.63) is 46.2 Å². The third-order valence-electron chi connectivity index (χ3n) is 5.56. The Balaban J connectivity index is 1.84. The molecule has 1 atom stereocenters. The summed E-state index contributed by atoms with van der Waals surface area (Å²) in [4.78, 5) is 20.6. The van der Waals surface area contributed by atoms with E-state index in [1.54, 1.807) is 0 Å². The molecular formula is C19H24N6O3. The quantitative estimate of drug-likeness (QED) is 0.456. The maximum Gasteiger partial charge on any atom is 0.407 e. The van der Waals surface area contributed by atoms with Gasteiger partial charge in [-0.1, -0.05) is 55.3 Å². The van der Waals surface area contributed by atoms with Gasteiger partial charge in [0.15, 0.2) is 0 Å². The van der Waals surface area contributed by atoms with E-state index in [0.29, 0.717) is 24.7 Å². The zero-order chi connectivity index (χ0) is 20.4. The average molecular weight is 384 g/mol. The average Bonchev–Trinajstić information content (AvgIpc) is 3.28. The summed E-state index contributed by atoms with van der Waals surface area (Å²) in [5.41, 5.74) is 9.21. The van der Waals surface area contributed by atoms with Crippen LogP contribution in [0.2, 0.25) is 0 Å². The number of nitrogens with zero attached hydrogens (tertiary/aromatic N) is 6. The lowest BCUT2D eigenvalue weighted by Gasteiger charge is -2.46. The van der Waals surface area contributed by atoms with E-state index < -0.39 is 11.6 Å². The van der Waals surface area contributed by atoms with Crippen molar-refractivity contribution in [3.8, 4) is 11.4 Å². The minimum Gasteiger partial charge on any atom is -0.465 e. The molecule has 0 bridgehead atoms. The van der Waals surface area contributed by atoms with Crippen LogP contribution in [-0.2, 0) is 13.0 Å². The molecule has 0 aliphatic carbocycles. The van der Waals surface area contributed by atoms with Crippen molar-refractivity contribution in [3.63, 3.8) is 0 Å². The second-order valence-electron chi connectivity index (χ2n) is 8.09. The number of aromatic nitrogens is 2. The molecule has 3 rings (SSSR count). The van der Waals surface area contributed by atoms with Crippen molar-refractivity contribution in [1.29, 1.82) is 0 Å². The van der Waals surface area contributed by atoms with Gasteiger partial charge in [0.25, 0.3) is 0 Å². The van der Waals surface area contributed by atoms with Gasteiger partial charge in [-0.05, 0) is 29.4 Å². The maximum absolute atomic E-state index is 11.8. The molecule has 1 saturated heterocycles. The highest BCUT2D eigenvalue weighted by molar-refractivity contribution is 5.67. The Hall–Kier alpha value is -3.06. The molecule has 0 spiro atoms. The van der Waals surface area contributed by atoms with Crippen LogP contribution in [0, 0.1) is 5.41 Å². The first-order valence-corrected chi connectivity index (χ1v) is 9.20. The van der Waals surface area contributed by atoms with Gasteiger partial charge in [0, 0.05) is 17.0 Å². The highest BCUT2D eigenvalue weighted by atomic mass is 16.5. The molecule has 148 valence electrons. The molecule has 1 N–H and O–H groups in total. The summed E-state index contributed by atoms with van der Waals surface area (Å²) >= 11 is 0. The molecule has 1 aliphatic rings. The minimum atomic E-state index is -0.914. The molecule has 9 nitrogen and oxygen atoms in total. The first kappa shape index (κ1) is 19.7. The molecule has 1 fully saturated rings. The van der Waals surface area contributed by atoms with E-state index in [1.165, 1.54) is 4.90 Å². The van der Waals surface area contributed by atoms with Crippen LogP contribution in [0.25, 0.3) is 21.8 Å². The second-order valence-corrected chi connectivity index (χ2v) is 8.09. The molecule has 2 heterocycles. The van der Waals surface area contributed by atoms with Gasteiger partial charge in [0.05, 0.1) is 18.5 Å². The van der Waals surface area contributed by atoms with Crippen molar-refractivity contribution >= 4 is 6.09 Å². The Bertz CT molecular complexity index is 895. The molecule has 1 aliphatic heterocycles. The van der Waals surface area contributed by atoms with Crippen molar-refractivity contribution < 1.29 is 14.4 Å². The number of carboxylic acid groups (broad SMARTS) is 1. The van der Waals surface area contributed by atoms with Gasteiger partial charge in [0.1, 0.15) is 0 Å². The largest absolute Gasteiger partial charge is 0.465 e. The number of carbonyl (C=O) groups is 1. The summed E-state index contributed by atoms with van der Waals surface area (Å²) < 4.78 is 5.48. The van der Waals surface area contributed by atoms with E-state index in [1.807, 2.05) is 45.0 Å². The molecule has 0 saturated carbocycles. The summed E-state index contributed by atoms with van der Waals surface area (Å²) in [6, 6.07) is 7.38. The summed E-state index contributed by atoms with van der Waals surface area (Å²) in [6.45, 7) is 6.95. The van der Waals surface area contributed by atoms with E-state index >= 15 is 0 Å². The summed E-state index contributed by atoms with van der Waals surface area (Å²) in [6.07, 6.45) is 1.04. The van der Waals surface area contributed by atoms with Gasteiger partial charge in [-0.3, -0.25) is 0 Å². The van der Waals surface area contributed by atoms with Gasteiger partial charge in [-0.25, -0.2) is 4.79 Å². The standard InChI is InChI=1S/C19H24N6O3/c1-18(2,3)19(9-4-10-25(19)17(26)27)11-15-22-16(23-28-15)14-7-5-13(6-8-14)12-21-24-20/h5-8H,4,9-12H2,1-3H3,(H,26,27). The SMILES string of the molecule is CC(C)(C)C1(Cc2nc(-c3ccc(CN=[N+]=[N-])cc3)no2)CCCN1C(=O)O. The van der Waals surface area contributed by atoms with E-state index in [9.17, 15) is 9.90 Å². The third kappa shape index (κ3) is 3.66. The Morgan fingerprint density at radius 3 is 2.71 bits per heavy atom. The normalized spacial score (nSPS) is 19.5. The fourth-order valence-corrected chi connectivity index (χ4v) is 3.95. The zero-order valence-corrected chi connectivity index (χ0v) is 16.3. The summed E-state index contributed by atoms with van der Waals surface area (Å²) in [7, 11) is 0. The third-order valence-corrected chi connectivity index (χ3v) is 5.56. The van der Waals surface area contributed by atoms with Crippen molar-refractivity contribution in [1.82, 2.24) is 15.0 Å². The van der Waals surface area contributed by atoms with Crippen LogP contribution in [0.4, 0.5) is 4.79 Å². The van der Waals surface area contributed by atoms with Crippen LogP contribution in [0.1, 0.15) is 45.1 Å². The van der Waals surface area contributed by atoms with Gasteiger partial charge >= 0.3 is 6.09 Å². The number of amides is 1. The van der Waals surface area contributed by atoms with Crippen molar-refractivity contribution in [2.45, 2.75) is 52.1 Å². The number of hydrogen-bond acceptors (Lipinski definition) is 5. The van der Waals surface area contributed by atoms with Gasteiger partial charge in [0.2, 0.25) is 11.7 Å². The predicted octanol–water partition coefficient (Wildman–Crippen LogP) is 4.65. The summed E-state index contributed by atoms with van der Waals surface area (Å²) in [5, 5.41) is 17.3. The topological polar surface area (TPSA) is 128 Å². The Morgan fingerprint density at radius 2 is 2.11 bits per heavy atom. The first-order chi connectivity index (χ1) is 13.3. The summed E-state index contributed by atoms with van der Waals surface area (Å²) in [5.74, 6) is 0.880. The molecular weight excluding hydrogens is 360 g/mol. The van der Waals surface area contributed by atoms with Crippen molar-refractivity contribution in [2.75, 3.05) is 6.54 Å². The Morgan fingerprint density at radius 1 is 1.39 bits per heavy atom. The fraction of sp³-hybridized carbons (Fsp3) is 0.526. The fourth-order valence-electron chi connectivity index (χ4n) is 3.95. The van der Waals surface area contributed by atoms with Gasteiger partial charge in [-0.2, -0.15) is 4.98 Å². The van der Waals surface area contributed by atoms with E-state index in [2.05, 4.69) is 20.2 Å². The first-order valence-electron chi connectivity index (χ1n) is 9.20. The van der Waals surface area contributed by atoms with Crippen LogP contribution in [-0.4, -0.2) is 38.3 Å². The number of rotatable bonds is 5. The number of hydrogen-bond donors (Lipinski definition) is 1. The molecule has 9 heteroatoms. The monoisotopic (exact) mass is 384 g/mol. The van der Waals surface area contributed by atoms with Crippen LogP contribution in [0.15, 0.2) is 33.9 Å². The molecule has 1 amide bonds. The predicted molar refractivity (Wildman–Crippen MR) is 102 cm³/mol. The lowest BCUT2D eigenvalue weighted by Crippen LogP contribution is -2.56. The minimum absolute atomic E-state index is 0.278. The number of azide groups is 1. The van der Waals surface area contributed by atoms with Crippen LogP contribution >= 0.6 is 0 Å². The highest BCUT2D eigenvalue weighted by Gasteiger charge is 2.52. The molecule has 1 unspecified atom stereocenters. The van der Waals surface area contributed by atoms with E-state index in [-0.39, 0.29) is 12.0 Å². The zero-order valence-electron chi connectivity index (χ0n) is 16.3. The van der Waals surface area contributed by atoms with Crippen LogP contribution in [0.3, 0.4) is 0 Å². The molecule has 1 aromatic carbocycles. The molecule has 1 aromatic heterocycles. The maximum atomic E-state index is 11.8. The van der Waals surface area contributed by atoms with Crippen LogP contribution < -0.4 is 0 Å². The molecule has 0 radical (unpaired) electrons. The Kier molecular flexibility index (Phi) is 5.29. The lowest BCUT2D eigenvalue weighted by atomic mass is 9.70. The number of likely N-dealkylation sites (tertiary alicyclic amines) is 1. The highest BCUT2D eigenvalue weighted by Crippen LogP contribution is 2.45. The van der Waals surface area contributed by atoms with E-state index in [0.717, 1.165) is 24.0 Å². The van der Waals surface area contributed by atoms with Crippen molar-refractivity contribution in [2.24, 2.45) is 10.5 Å². The number of benzene rings is 1. The van der Waals surface area contributed by atoms with Gasteiger partial charge in [-0.15, -0.1) is 0 Å². The molecule has 28 heavy (non-hydrogen) atoms.